The highest BCUT2D eigenvalue weighted by molar-refractivity contribution is 5.81. The van der Waals surface area contributed by atoms with Crippen LogP contribution in [0.5, 0.6) is 5.75 Å². The van der Waals surface area contributed by atoms with Gasteiger partial charge in [0.05, 0.1) is 7.11 Å². The molecule has 1 heterocycles. The maximum absolute atomic E-state index is 12.6. The first kappa shape index (κ1) is 16.2. The van der Waals surface area contributed by atoms with Crippen LogP contribution in [0.1, 0.15) is 41.9 Å². The van der Waals surface area contributed by atoms with Gasteiger partial charge in [0.1, 0.15) is 5.75 Å². The minimum absolute atomic E-state index is 0.318. The minimum atomic E-state index is 0.318. The fourth-order valence-electron chi connectivity index (χ4n) is 4.59. The molecule has 2 aromatic carbocycles. The van der Waals surface area contributed by atoms with Crippen molar-refractivity contribution in [2.24, 2.45) is 0 Å². The van der Waals surface area contributed by atoms with E-state index in [2.05, 4.69) is 41.3 Å². The molecule has 0 bridgehead atoms. The zero-order chi connectivity index (χ0) is 17.2. The highest BCUT2D eigenvalue weighted by Gasteiger charge is 2.43. The summed E-state index contributed by atoms with van der Waals surface area (Å²) < 4.78 is 5.53. The molecule has 1 saturated heterocycles. The number of carbonyl (C=O) groups excluding carboxylic acids is 1. The predicted molar refractivity (Wildman–Crippen MR) is 98.9 cm³/mol. The number of ether oxygens (including phenoxy) is 1. The van der Waals surface area contributed by atoms with Crippen LogP contribution in [-0.2, 0) is 17.6 Å². The Labute approximate surface area is 149 Å². The zero-order valence-corrected chi connectivity index (χ0v) is 14.8. The molecule has 2 aromatic rings. The van der Waals surface area contributed by atoms with Crippen molar-refractivity contribution < 1.29 is 9.53 Å². The maximum atomic E-state index is 12.6. The molecular formula is C22H25NO2. The smallest absolute Gasteiger partial charge is 0.223 e. The van der Waals surface area contributed by atoms with Crippen molar-refractivity contribution >= 4 is 5.91 Å². The first-order valence-corrected chi connectivity index (χ1v) is 9.27. The van der Waals surface area contributed by atoms with Gasteiger partial charge in [0, 0.05) is 24.9 Å². The molecule has 0 spiro atoms. The molecule has 1 aliphatic heterocycles. The Morgan fingerprint density at radius 1 is 1.12 bits per heavy atom. The lowest BCUT2D eigenvalue weighted by Crippen LogP contribution is -2.38. The number of likely N-dealkylation sites (tertiary alicyclic amines) is 1. The van der Waals surface area contributed by atoms with Gasteiger partial charge in [-0.1, -0.05) is 42.5 Å². The van der Waals surface area contributed by atoms with E-state index in [0.717, 1.165) is 38.0 Å². The van der Waals surface area contributed by atoms with Gasteiger partial charge in [-0.2, -0.15) is 0 Å². The van der Waals surface area contributed by atoms with Gasteiger partial charge in [0.2, 0.25) is 5.91 Å². The van der Waals surface area contributed by atoms with E-state index in [9.17, 15) is 4.79 Å². The van der Waals surface area contributed by atoms with Crippen molar-refractivity contribution in [1.82, 2.24) is 4.90 Å². The van der Waals surface area contributed by atoms with Gasteiger partial charge in [-0.15, -0.1) is 0 Å². The summed E-state index contributed by atoms with van der Waals surface area (Å²) in [6.45, 7) is 0.869. The summed E-state index contributed by atoms with van der Waals surface area (Å²) >= 11 is 0. The van der Waals surface area contributed by atoms with E-state index in [0.29, 0.717) is 24.3 Å². The number of fused-ring (bicyclic) bond motifs is 3. The van der Waals surface area contributed by atoms with E-state index in [-0.39, 0.29) is 0 Å². The normalized spacial score (nSPS) is 21.8. The Kier molecular flexibility index (Phi) is 4.48. The number of amides is 1. The Bertz CT molecular complexity index is 756. The van der Waals surface area contributed by atoms with Gasteiger partial charge in [-0.05, 0) is 48.4 Å². The highest BCUT2D eigenvalue weighted by Crippen LogP contribution is 2.44. The third-order valence-corrected chi connectivity index (χ3v) is 5.77. The molecule has 1 amide bonds. The predicted octanol–water partition coefficient (Wildman–Crippen LogP) is 3.96. The van der Waals surface area contributed by atoms with Crippen LogP contribution in [0.25, 0.3) is 0 Å². The van der Waals surface area contributed by atoms with Gasteiger partial charge >= 0.3 is 0 Å². The number of rotatable bonds is 5. The molecule has 130 valence electrons. The Hall–Kier alpha value is -2.29. The van der Waals surface area contributed by atoms with E-state index < -0.39 is 0 Å². The molecule has 3 nitrogen and oxygen atoms in total. The second-order valence-electron chi connectivity index (χ2n) is 7.12. The van der Waals surface area contributed by atoms with Crippen molar-refractivity contribution in [1.29, 1.82) is 0 Å². The fourth-order valence-corrected chi connectivity index (χ4v) is 4.59. The lowest BCUT2D eigenvalue weighted by Gasteiger charge is -2.33. The van der Waals surface area contributed by atoms with Crippen molar-refractivity contribution in [3.05, 3.63) is 65.2 Å². The molecular weight excluding hydrogens is 310 g/mol. The van der Waals surface area contributed by atoms with Crippen LogP contribution < -0.4 is 4.74 Å². The zero-order valence-electron chi connectivity index (χ0n) is 14.8. The molecule has 1 fully saturated rings. The van der Waals surface area contributed by atoms with Gasteiger partial charge in [0.15, 0.2) is 0 Å². The van der Waals surface area contributed by atoms with Crippen LogP contribution >= 0.6 is 0 Å². The van der Waals surface area contributed by atoms with E-state index in [1.54, 1.807) is 7.11 Å². The number of carbonyl (C=O) groups is 1. The molecule has 0 N–H and O–H groups in total. The van der Waals surface area contributed by atoms with Crippen molar-refractivity contribution in [2.45, 2.75) is 44.1 Å². The quantitative estimate of drug-likeness (QED) is 0.828. The molecule has 0 saturated carbocycles. The van der Waals surface area contributed by atoms with Crippen LogP contribution in [0.15, 0.2) is 48.5 Å². The van der Waals surface area contributed by atoms with Crippen LogP contribution in [0.2, 0.25) is 0 Å². The third-order valence-electron chi connectivity index (χ3n) is 5.77. The van der Waals surface area contributed by atoms with Crippen LogP contribution in [0.3, 0.4) is 0 Å². The maximum Gasteiger partial charge on any atom is 0.223 e. The summed E-state index contributed by atoms with van der Waals surface area (Å²) in [5.41, 5.74) is 3.99. The number of methoxy groups -OCH3 is 1. The average molecular weight is 335 g/mol. The van der Waals surface area contributed by atoms with E-state index in [1.165, 1.54) is 16.7 Å². The summed E-state index contributed by atoms with van der Waals surface area (Å²) in [4.78, 5) is 14.8. The summed E-state index contributed by atoms with van der Waals surface area (Å²) in [5, 5.41) is 0. The molecule has 2 aliphatic rings. The standard InChI is InChI=1S/C22H25NO2/c1-25-21-11-5-10-17-18(21)12-13-20-19(17)15-22(24)23(20)14-6-9-16-7-3-2-4-8-16/h2-5,7-8,10-11,19-20H,6,9,12-15H2,1H3/t19-,20+/m1/s1. The summed E-state index contributed by atoms with van der Waals surface area (Å²) in [7, 11) is 1.73. The second-order valence-corrected chi connectivity index (χ2v) is 7.12. The lowest BCUT2D eigenvalue weighted by atomic mass is 9.79. The Balaban J connectivity index is 1.46. The van der Waals surface area contributed by atoms with Gasteiger partial charge in [0.25, 0.3) is 0 Å². The number of benzene rings is 2. The summed E-state index contributed by atoms with van der Waals surface area (Å²) in [5.74, 6) is 1.63. The summed E-state index contributed by atoms with van der Waals surface area (Å²) in [6, 6.07) is 17.2. The minimum Gasteiger partial charge on any atom is -0.496 e. The Morgan fingerprint density at radius 2 is 1.96 bits per heavy atom. The second kappa shape index (κ2) is 6.91. The number of nitrogens with zero attached hydrogens (tertiary/aromatic N) is 1. The van der Waals surface area contributed by atoms with Crippen LogP contribution in [0.4, 0.5) is 0 Å². The highest BCUT2D eigenvalue weighted by atomic mass is 16.5. The third kappa shape index (κ3) is 3.04. The van der Waals surface area contributed by atoms with Gasteiger partial charge in [-0.25, -0.2) is 0 Å². The lowest BCUT2D eigenvalue weighted by molar-refractivity contribution is -0.129. The molecule has 4 rings (SSSR count). The number of hydrogen-bond acceptors (Lipinski definition) is 2. The number of aryl methyl sites for hydroxylation is 1. The van der Waals surface area contributed by atoms with Gasteiger partial charge < -0.3 is 9.64 Å². The largest absolute Gasteiger partial charge is 0.496 e. The molecule has 1 aliphatic carbocycles. The molecule has 0 aromatic heterocycles. The van der Waals surface area contributed by atoms with Gasteiger partial charge in [-0.3, -0.25) is 4.79 Å². The van der Waals surface area contributed by atoms with Crippen molar-refractivity contribution in [2.75, 3.05) is 13.7 Å². The summed E-state index contributed by atoms with van der Waals surface area (Å²) in [6.07, 6.45) is 4.77. The van der Waals surface area contributed by atoms with E-state index >= 15 is 0 Å². The fraction of sp³-hybridized carbons (Fsp3) is 0.409. The molecule has 0 unspecified atom stereocenters. The molecule has 25 heavy (non-hydrogen) atoms. The Morgan fingerprint density at radius 3 is 2.76 bits per heavy atom. The topological polar surface area (TPSA) is 29.5 Å². The molecule has 3 heteroatoms. The average Bonchev–Trinajstić information content (AvgIpc) is 2.98. The first-order valence-electron chi connectivity index (χ1n) is 9.27. The van der Waals surface area contributed by atoms with Crippen molar-refractivity contribution in [3.8, 4) is 5.75 Å². The monoisotopic (exact) mass is 335 g/mol. The van der Waals surface area contributed by atoms with Crippen LogP contribution in [0, 0.1) is 0 Å². The number of hydrogen-bond donors (Lipinski definition) is 0. The SMILES string of the molecule is COc1cccc2c1CC[C@H]1[C@@H]2CC(=O)N1CCCc1ccccc1. The first-order chi connectivity index (χ1) is 12.3. The van der Waals surface area contributed by atoms with Crippen LogP contribution in [-0.4, -0.2) is 30.5 Å². The van der Waals surface area contributed by atoms with E-state index in [4.69, 9.17) is 4.74 Å². The molecule has 2 atom stereocenters. The molecule has 0 radical (unpaired) electrons. The van der Waals surface area contributed by atoms with E-state index in [1.807, 2.05) is 12.1 Å². The van der Waals surface area contributed by atoms with Crippen molar-refractivity contribution in [3.63, 3.8) is 0 Å².